The second-order valence-electron chi connectivity index (χ2n) is 3.66. The van der Waals surface area contributed by atoms with Crippen LogP contribution in [0.15, 0.2) is 18.2 Å². The standard InChI is InChI=1S/C12H15BO6/c1-3-18-11(14)8-5-9(12(15)19-4-2)7-10(6-8)13(16)17/h5-7,16-17H,3-4H2,1-2H3. The van der Waals surface area contributed by atoms with Gasteiger partial charge in [0.05, 0.1) is 24.3 Å². The molecule has 19 heavy (non-hydrogen) atoms. The minimum Gasteiger partial charge on any atom is -0.462 e. The molecule has 0 radical (unpaired) electrons. The van der Waals surface area contributed by atoms with Gasteiger partial charge in [0.25, 0.3) is 0 Å². The normalized spacial score (nSPS) is 9.89. The molecule has 0 heterocycles. The fraction of sp³-hybridized carbons (Fsp3) is 0.333. The first-order valence-corrected chi connectivity index (χ1v) is 5.85. The largest absolute Gasteiger partial charge is 0.488 e. The summed E-state index contributed by atoms with van der Waals surface area (Å²) >= 11 is 0. The Morgan fingerprint density at radius 3 is 1.74 bits per heavy atom. The first kappa shape index (κ1) is 15.2. The van der Waals surface area contributed by atoms with E-state index in [2.05, 4.69) is 0 Å². The van der Waals surface area contributed by atoms with Gasteiger partial charge < -0.3 is 19.5 Å². The van der Waals surface area contributed by atoms with E-state index in [4.69, 9.17) is 19.5 Å². The molecular weight excluding hydrogens is 251 g/mol. The van der Waals surface area contributed by atoms with Crippen molar-refractivity contribution in [2.75, 3.05) is 13.2 Å². The Hall–Kier alpha value is -1.86. The quantitative estimate of drug-likeness (QED) is 0.562. The molecule has 0 saturated carbocycles. The second kappa shape index (κ2) is 6.91. The Balaban J connectivity index is 3.17. The third-order valence-corrected chi connectivity index (χ3v) is 2.28. The Labute approximate surface area is 111 Å². The van der Waals surface area contributed by atoms with Crippen molar-refractivity contribution in [2.45, 2.75) is 13.8 Å². The van der Waals surface area contributed by atoms with Gasteiger partial charge in [0.15, 0.2) is 0 Å². The van der Waals surface area contributed by atoms with E-state index in [1.165, 1.54) is 18.2 Å². The average molecular weight is 266 g/mol. The van der Waals surface area contributed by atoms with Crippen molar-refractivity contribution in [3.05, 3.63) is 29.3 Å². The number of hydrogen-bond donors (Lipinski definition) is 2. The minimum absolute atomic E-state index is 0.0219. The highest BCUT2D eigenvalue weighted by molar-refractivity contribution is 6.58. The van der Waals surface area contributed by atoms with Gasteiger partial charge in [-0.1, -0.05) is 0 Å². The summed E-state index contributed by atoms with van der Waals surface area (Å²) in [6, 6.07) is 3.80. The molecule has 7 heteroatoms. The fourth-order valence-corrected chi connectivity index (χ4v) is 1.47. The van der Waals surface area contributed by atoms with Crippen LogP contribution >= 0.6 is 0 Å². The maximum absolute atomic E-state index is 11.6. The van der Waals surface area contributed by atoms with Gasteiger partial charge in [-0.2, -0.15) is 0 Å². The number of rotatable bonds is 5. The van der Waals surface area contributed by atoms with Crippen molar-refractivity contribution in [1.82, 2.24) is 0 Å². The lowest BCUT2D eigenvalue weighted by Crippen LogP contribution is -2.31. The molecule has 0 aromatic heterocycles. The van der Waals surface area contributed by atoms with Crippen LogP contribution in [0.4, 0.5) is 0 Å². The predicted molar refractivity (Wildman–Crippen MR) is 68.2 cm³/mol. The topological polar surface area (TPSA) is 93.1 Å². The molecule has 0 bridgehead atoms. The fourth-order valence-electron chi connectivity index (χ4n) is 1.47. The van der Waals surface area contributed by atoms with Gasteiger partial charge in [0.1, 0.15) is 0 Å². The zero-order valence-corrected chi connectivity index (χ0v) is 10.8. The van der Waals surface area contributed by atoms with E-state index in [0.29, 0.717) is 0 Å². The highest BCUT2D eigenvalue weighted by Crippen LogP contribution is 2.08. The molecule has 0 aliphatic heterocycles. The van der Waals surface area contributed by atoms with E-state index in [-0.39, 0.29) is 29.8 Å². The molecule has 1 aromatic carbocycles. The molecule has 6 nitrogen and oxygen atoms in total. The number of hydrogen-bond acceptors (Lipinski definition) is 6. The third kappa shape index (κ3) is 4.08. The highest BCUT2D eigenvalue weighted by Gasteiger charge is 2.19. The van der Waals surface area contributed by atoms with Crippen molar-refractivity contribution < 1.29 is 29.1 Å². The van der Waals surface area contributed by atoms with Crippen LogP contribution in [0.3, 0.4) is 0 Å². The van der Waals surface area contributed by atoms with Gasteiger partial charge >= 0.3 is 19.1 Å². The Morgan fingerprint density at radius 1 is 1.00 bits per heavy atom. The van der Waals surface area contributed by atoms with Gasteiger partial charge in [-0.3, -0.25) is 0 Å². The number of esters is 2. The summed E-state index contributed by atoms with van der Waals surface area (Å²) in [6.45, 7) is 3.66. The maximum Gasteiger partial charge on any atom is 0.488 e. The molecule has 1 aromatic rings. The molecule has 0 aliphatic rings. The summed E-state index contributed by atoms with van der Waals surface area (Å²) in [4.78, 5) is 23.2. The van der Waals surface area contributed by atoms with Crippen molar-refractivity contribution in [1.29, 1.82) is 0 Å². The molecule has 0 unspecified atom stereocenters. The van der Waals surface area contributed by atoms with E-state index < -0.39 is 19.1 Å². The molecule has 2 N–H and O–H groups in total. The van der Waals surface area contributed by atoms with Gasteiger partial charge in [-0.25, -0.2) is 9.59 Å². The summed E-state index contributed by atoms with van der Waals surface area (Å²) in [7, 11) is -1.79. The summed E-state index contributed by atoms with van der Waals surface area (Å²) in [5.74, 6) is -1.29. The van der Waals surface area contributed by atoms with Crippen LogP contribution in [0.1, 0.15) is 34.6 Å². The Morgan fingerprint density at radius 2 is 1.42 bits per heavy atom. The van der Waals surface area contributed by atoms with Crippen molar-refractivity contribution in [3.8, 4) is 0 Å². The van der Waals surface area contributed by atoms with Gasteiger partial charge in [-0.05, 0) is 37.5 Å². The SMILES string of the molecule is CCOC(=O)c1cc(B(O)O)cc(C(=O)OCC)c1. The molecule has 102 valence electrons. The van der Waals surface area contributed by atoms with Gasteiger partial charge in [0, 0.05) is 0 Å². The van der Waals surface area contributed by atoms with Crippen LogP contribution in [-0.2, 0) is 9.47 Å². The number of ether oxygens (including phenoxy) is 2. The predicted octanol–water partition coefficient (Wildman–Crippen LogP) is -0.280. The van der Waals surface area contributed by atoms with Crippen LogP contribution in [0.5, 0.6) is 0 Å². The van der Waals surface area contributed by atoms with E-state index >= 15 is 0 Å². The monoisotopic (exact) mass is 266 g/mol. The number of carbonyl (C=O) groups is 2. The maximum atomic E-state index is 11.6. The van der Waals surface area contributed by atoms with Crippen LogP contribution in [-0.4, -0.2) is 42.3 Å². The summed E-state index contributed by atoms with van der Waals surface area (Å²) in [5, 5.41) is 18.3. The van der Waals surface area contributed by atoms with E-state index in [1.54, 1.807) is 13.8 Å². The number of carbonyl (C=O) groups excluding carboxylic acids is 2. The van der Waals surface area contributed by atoms with Crippen LogP contribution < -0.4 is 5.46 Å². The molecule has 0 aliphatic carbocycles. The van der Waals surface area contributed by atoms with Crippen molar-refractivity contribution in [2.24, 2.45) is 0 Å². The summed E-state index contributed by atoms with van der Waals surface area (Å²) in [6.07, 6.45) is 0. The lowest BCUT2D eigenvalue weighted by atomic mass is 9.78. The third-order valence-electron chi connectivity index (χ3n) is 2.28. The summed E-state index contributed by atoms with van der Waals surface area (Å²) in [5.41, 5.74) is 0.152. The van der Waals surface area contributed by atoms with E-state index in [0.717, 1.165) is 0 Å². The molecule has 0 amide bonds. The highest BCUT2D eigenvalue weighted by atomic mass is 16.5. The van der Waals surface area contributed by atoms with Crippen LogP contribution in [0.25, 0.3) is 0 Å². The molecule has 0 atom stereocenters. The molecule has 0 spiro atoms. The molecular formula is C12H15BO6. The van der Waals surface area contributed by atoms with Crippen molar-refractivity contribution in [3.63, 3.8) is 0 Å². The molecule has 0 fully saturated rings. The summed E-state index contributed by atoms with van der Waals surface area (Å²) < 4.78 is 9.61. The lowest BCUT2D eigenvalue weighted by Gasteiger charge is -2.08. The van der Waals surface area contributed by atoms with Crippen LogP contribution in [0.2, 0.25) is 0 Å². The van der Waals surface area contributed by atoms with E-state index in [1.807, 2.05) is 0 Å². The Bertz CT molecular complexity index is 435. The average Bonchev–Trinajstić information content (AvgIpc) is 2.38. The Kier molecular flexibility index (Phi) is 5.53. The molecule has 0 saturated heterocycles. The first-order valence-electron chi connectivity index (χ1n) is 5.85. The zero-order chi connectivity index (χ0) is 14.4. The first-order chi connectivity index (χ1) is 8.99. The lowest BCUT2D eigenvalue weighted by molar-refractivity contribution is 0.0525. The molecule has 1 rings (SSSR count). The smallest absolute Gasteiger partial charge is 0.462 e. The second-order valence-corrected chi connectivity index (χ2v) is 3.66. The van der Waals surface area contributed by atoms with Crippen molar-refractivity contribution >= 4 is 24.5 Å². The van der Waals surface area contributed by atoms with Crippen LogP contribution in [0, 0.1) is 0 Å². The number of benzene rings is 1. The minimum atomic E-state index is -1.79. The van der Waals surface area contributed by atoms with Gasteiger partial charge in [0.2, 0.25) is 0 Å². The zero-order valence-electron chi connectivity index (χ0n) is 10.8. The van der Waals surface area contributed by atoms with E-state index in [9.17, 15) is 9.59 Å². The van der Waals surface area contributed by atoms with Gasteiger partial charge in [-0.15, -0.1) is 0 Å².